The Morgan fingerprint density at radius 3 is 2.46 bits per heavy atom. The quantitative estimate of drug-likeness (QED) is 0.763. The van der Waals surface area contributed by atoms with Crippen LogP contribution < -0.4 is 10.1 Å². The number of methoxy groups -OCH3 is 1. The molecule has 26 heavy (non-hydrogen) atoms. The summed E-state index contributed by atoms with van der Waals surface area (Å²) in [5.41, 5.74) is 1.12. The maximum absolute atomic E-state index is 12.8. The van der Waals surface area contributed by atoms with Crippen LogP contribution in [-0.4, -0.2) is 19.0 Å². The summed E-state index contributed by atoms with van der Waals surface area (Å²) in [6.45, 7) is 0. The highest BCUT2D eigenvalue weighted by Crippen LogP contribution is 2.31. The van der Waals surface area contributed by atoms with Crippen LogP contribution in [0.4, 0.5) is 5.69 Å². The largest absolute Gasteiger partial charge is 0.495 e. The van der Waals surface area contributed by atoms with E-state index in [9.17, 15) is 9.59 Å². The van der Waals surface area contributed by atoms with Crippen LogP contribution >= 0.6 is 11.6 Å². The highest BCUT2D eigenvalue weighted by atomic mass is 35.5. The van der Waals surface area contributed by atoms with Crippen LogP contribution in [0.2, 0.25) is 5.02 Å². The fourth-order valence-corrected chi connectivity index (χ4v) is 2.97. The predicted molar refractivity (Wildman–Crippen MR) is 99.2 cm³/mol. The van der Waals surface area contributed by atoms with E-state index in [0.717, 1.165) is 19.3 Å². The molecular formula is C20H20ClNO4. The van der Waals surface area contributed by atoms with Crippen molar-refractivity contribution in [3.8, 4) is 5.75 Å². The van der Waals surface area contributed by atoms with E-state index in [2.05, 4.69) is 5.32 Å². The van der Waals surface area contributed by atoms with Crippen molar-refractivity contribution in [3.05, 3.63) is 59.1 Å². The molecule has 0 heterocycles. The molecular weight excluding hydrogens is 354 g/mol. The van der Waals surface area contributed by atoms with Crippen molar-refractivity contribution in [3.63, 3.8) is 0 Å². The lowest BCUT2D eigenvalue weighted by Gasteiger charge is -2.26. The molecule has 0 aliphatic heterocycles. The number of amides is 1. The van der Waals surface area contributed by atoms with E-state index < -0.39 is 12.0 Å². The van der Waals surface area contributed by atoms with Gasteiger partial charge < -0.3 is 14.8 Å². The van der Waals surface area contributed by atoms with Crippen molar-refractivity contribution in [1.29, 1.82) is 0 Å². The van der Waals surface area contributed by atoms with E-state index in [-0.39, 0.29) is 11.9 Å². The maximum Gasteiger partial charge on any atom is 0.310 e. The first-order chi connectivity index (χ1) is 12.6. The van der Waals surface area contributed by atoms with Gasteiger partial charge in [-0.15, -0.1) is 0 Å². The second-order valence-corrected chi connectivity index (χ2v) is 6.60. The van der Waals surface area contributed by atoms with E-state index in [4.69, 9.17) is 21.1 Å². The molecule has 1 amide bonds. The summed E-state index contributed by atoms with van der Waals surface area (Å²) in [4.78, 5) is 25.0. The zero-order valence-corrected chi connectivity index (χ0v) is 15.2. The lowest BCUT2D eigenvalue weighted by molar-refractivity contribution is -0.161. The van der Waals surface area contributed by atoms with Crippen LogP contribution in [0.15, 0.2) is 48.5 Å². The molecule has 1 aliphatic rings. The minimum Gasteiger partial charge on any atom is -0.495 e. The third-order valence-corrected chi connectivity index (χ3v) is 4.73. The summed E-state index contributed by atoms with van der Waals surface area (Å²) < 4.78 is 10.6. The Labute approximate surface area is 157 Å². The first-order valence-electron chi connectivity index (χ1n) is 8.48. The molecule has 1 fully saturated rings. The molecule has 0 radical (unpaired) electrons. The van der Waals surface area contributed by atoms with Crippen molar-refractivity contribution in [2.75, 3.05) is 12.4 Å². The molecule has 3 rings (SSSR count). The van der Waals surface area contributed by atoms with Crippen molar-refractivity contribution in [2.45, 2.75) is 25.4 Å². The van der Waals surface area contributed by atoms with Gasteiger partial charge in [0.1, 0.15) is 5.75 Å². The van der Waals surface area contributed by atoms with Gasteiger partial charge in [-0.25, -0.2) is 0 Å². The number of rotatable bonds is 6. The Morgan fingerprint density at radius 1 is 1.15 bits per heavy atom. The first kappa shape index (κ1) is 18.3. The fraction of sp³-hybridized carbons (Fsp3) is 0.300. The Hall–Kier alpha value is -2.53. The molecule has 5 nitrogen and oxygen atoms in total. The summed E-state index contributed by atoms with van der Waals surface area (Å²) in [6.07, 6.45) is 1.64. The second kappa shape index (κ2) is 8.23. The number of halogens is 1. The van der Waals surface area contributed by atoms with Gasteiger partial charge >= 0.3 is 5.97 Å². The summed E-state index contributed by atoms with van der Waals surface area (Å²) in [6, 6.07) is 13.9. The number of anilines is 1. The molecule has 0 spiro atoms. The minimum absolute atomic E-state index is 0.107. The molecule has 0 aromatic heterocycles. The average molecular weight is 374 g/mol. The number of ether oxygens (including phenoxy) is 2. The van der Waals surface area contributed by atoms with Crippen molar-refractivity contribution < 1.29 is 19.1 Å². The average Bonchev–Trinajstić information content (AvgIpc) is 2.59. The Balaban J connectivity index is 1.77. The van der Waals surface area contributed by atoms with Gasteiger partial charge in [0.05, 0.1) is 18.1 Å². The molecule has 0 bridgehead atoms. The van der Waals surface area contributed by atoms with Crippen LogP contribution in [0, 0.1) is 5.92 Å². The standard InChI is InChI=1S/C20H20ClNO4/c1-25-17-11-10-15(12-16(17)21)22-19(23)18(13-6-3-2-4-7-13)26-20(24)14-8-5-9-14/h2-4,6-7,10-12,14,18H,5,8-9H2,1H3,(H,22,23). The second-order valence-electron chi connectivity index (χ2n) is 6.19. The number of hydrogen-bond acceptors (Lipinski definition) is 4. The highest BCUT2D eigenvalue weighted by Gasteiger charge is 2.32. The van der Waals surface area contributed by atoms with Gasteiger partial charge in [-0.2, -0.15) is 0 Å². The first-order valence-corrected chi connectivity index (χ1v) is 8.86. The normalized spacial score (nSPS) is 14.8. The van der Waals surface area contributed by atoms with Gasteiger partial charge in [0, 0.05) is 11.3 Å². The van der Waals surface area contributed by atoms with E-state index in [1.807, 2.05) is 6.07 Å². The molecule has 2 aromatic carbocycles. The number of nitrogens with one attached hydrogen (secondary N) is 1. The van der Waals surface area contributed by atoms with Crippen molar-refractivity contribution >= 4 is 29.2 Å². The van der Waals surface area contributed by atoms with Gasteiger partial charge in [0.15, 0.2) is 0 Å². The van der Waals surface area contributed by atoms with Crippen molar-refractivity contribution in [1.82, 2.24) is 0 Å². The molecule has 1 atom stereocenters. The third kappa shape index (κ3) is 4.17. The zero-order valence-electron chi connectivity index (χ0n) is 14.4. The number of carbonyl (C=O) groups is 2. The number of hydrogen-bond donors (Lipinski definition) is 1. The molecule has 0 saturated heterocycles. The van der Waals surface area contributed by atoms with Gasteiger partial charge in [0.25, 0.3) is 5.91 Å². The van der Waals surface area contributed by atoms with Crippen LogP contribution in [0.1, 0.15) is 30.9 Å². The lowest BCUT2D eigenvalue weighted by atomic mass is 9.85. The maximum atomic E-state index is 12.8. The predicted octanol–water partition coefficient (Wildman–Crippen LogP) is 4.37. The topological polar surface area (TPSA) is 64.6 Å². The van der Waals surface area contributed by atoms with Gasteiger partial charge in [-0.3, -0.25) is 9.59 Å². The van der Waals surface area contributed by atoms with E-state index in [1.54, 1.807) is 42.5 Å². The van der Waals surface area contributed by atoms with Crippen LogP contribution in [0.5, 0.6) is 5.75 Å². The Kier molecular flexibility index (Phi) is 5.78. The molecule has 1 unspecified atom stereocenters. The zero-order chi connectivity index (χ0) is 18.5. The van der Waals surface area contributed by atoms with E-state index in [1.165, 1.54) is 7.11 Å². The van der Waals surface area contributed by atoms with Gasteiger partial charge in [0.2, 0.25) is 6.10 Å². The summed E-state index contributed by atoms with van der Waals surface area (Å²) >= 11 is 6.10. The summed E-state index contributed by atoms with van der Waals surface area (Å²) in [5, 5.41) is 3.14. The van der Waals surface area contributed by atoms with E-state index >= 15 is 0 Å². The van der Waals surface area contributed by atoms with Crippen LogP contribution in [0.3, 0.4) is 0 Å². The molecule has 6 heteroatoms. The molecule has 1 N–H and O–H groups in total. The van der Waals surface area contributed by atoms with Crippen LogP contribution in [-0.2, 0) is 14.3 Å². The summed E-state index contributed by atoms with van der Waals surface area (Å²) in [5.74, 6) is -0.344. The molecule has 1 aliphatic carbocycles. The number of benzene rings is 2. The lowest BCUT2D eigenvalue weighted by Crippen LogP contribution is -2.31. The van der Waals surface area contributed by atoms with Crippen molar-refractivity contribution in [2.24, 2.45) is 5.92 Å². The van der Waals surface area contributed by atoms with Gasteiger partial charge in [-0.1, -0.05) is 48.4 Å². The molecule has 2 aromatic rings. The molecule has 136 valence electrons. The van der Waals surface area contributed by atoms with E-state index in [0.29, 0.717) is 22.0 Å². The minimum atomic E-state index is -1.01. The highest BCUT2D eigenvalue weighted by molar-refractivity contribution is 6.32. The Bertz CT molecular complexity index is 790. The summed E-state index contributed by atoms with van der Waals surface area (Å²) in [7, 11) is 1.52. The monoisotopic (exact) mass is 373 g/mol. The smallest absolute Gasteiger partial charge is 0.310 e. The number of carbonyl (C=O) groups excluding carboxylic acids is 2. The van der Waals surface area contributed by atoms with Gasteiger partial charge in [-0.05, 0) is 31.0 Å². The number of esters is 1. The molecule has 1 saturated carbocycles. The third-order valence-electron chi connectivity index (χ3n) is 4.43. The van der Waals surface area contributed by atoms with Crippen LogP contribution in [0.25, 0.3) is 0 Å². The Morgan fingerprint density at radius 2 is 1.88 bits per heavy atom. The fourth-order valence-electron chi connectivity index (χ4n) is 2.71. The SMILES string of the molecule is COc1ccc(NC(=O)C(OC(=O)C2CCC2)c2ccccc2)cc1Cl.